The number of carboxylic acid groups (broad SMARTS) is 1. The van der Waals surface area contributed by atoms with E-state index in [9.17, 15) is 4.79 Å². The van der Waals surface area contributed by atoms with Gasteiger partial charge in [0.2, 0.25) is 0 Å². The summed E-state index contributed by atoms with van der Waals surface area (Å²) >= 11 is 1.05. The molecule has 4 nitrogen and oxygen atoms in total. The molecule has 0 aliphatic rings. The molecule has 0 atom stereocenters. The summed E-state index contributed by atoms with van der Waals surface area (Å²) in [5.41, 5.74) is 0.284. The van der Waals surface area contributed by atoms with Crippen LogP contribution in [0, 0.1) is 11.3 Å². The van der Waals surface area contributed by atoms with E-state index in [1.807, 2.05) is 6.07 Å². The molecule has 56 valence electrons. The predicted octanol–water partition coefficient (Wildman–Crippen LogP) is 0.642. The fraction of sp³-hybridized carbons (Fsp3) is 0.167. The Morgan fingerprint density at radius 2 is 2.64 bits per heavy atom. The zero-order valence-corrected chi connectivity index (χ0v) is 6.26. The standard InChI is InChI=1S/C6H4N2O2S/c7-3-4-1-5(11-8-4)2-6(9)10/h1H,2H2,(H,9,10). The Morgan fingerprint density at radius 3 is 3.09 bits per heavy atom. The Labute approximate surface area is 66.9 Å². The van der Waals surface area contributed by atoms with Crippen molar-refractivity contribution in [2.24, 2.45) is 0 Å². The summed E-state index contributed by atoms with van der Waals surface area (Å²) in [5.74, 6) is -0.905. The highest BCUT2D eigenvalue weighted by Gasteiger charge is 2.04. The van der Waals surface area contributed by atoms with Crippen molar-refractivity contribution in [1.29, 1.82) is 5.26 Å². The largest absolute Gasteiger partial charge is 0.481 e. The van der Waals surface area contributed by atoms with Crippen molar-refractivity contribution in [2.75, 3.05) is 0 Å². The van der Waals surface area contributed by atoms with Crippen LogP contribution in [0.5, 0.6) is 0 Å². The van der Waals surface area contributed by atoms with Crippen molar-refractivity contribution >= 4 is 17.5 Å². The molecule has 0 aliphatic carbocycles. The van der Waals surface area contributed by atoms with Gasteiger partial charge in [-0.2, -0.15) is 9.64 Å². The van der Waals surface area contributed by atoms with E-state index >= 15 is 0 Å². The molecule has 5 heteroatoms. The summed E-state index contributed by atoms with van der Waals surface area (Å²) in [6.45, 7) is 0. The fourth-order valence-electron chi connectivity index (χ4n) is 0.598. The summed E-state index contributed by atoms with van der Waals surface area (Å²) in [4.78, 5) is 10.8. The third-order valence-electron chi connectivity index (χ3n) is 0.999. The van der Waals surface area contributed by atoms with Crippen LogP contribution in [0.4, 0.5) is 0 Å². The van der Waals surface area contributed by atoms with Gasteiger partial charge in [-0.15, -0.1) is 0 Å². The molecule has 1 aromatic rings. The summed E-state index contributed by atoms with van der Waals surface area (Å²) in [6.07, 6.45) is -0.0562. The number of carboxylic acids is 1. The quantitative estimate of drug-likeness (QED) is 0.703. The maximum atomic E-state index is 10.2. The SMILES string of the molecule is N#Cc1cc(CC(=O)O)sn1. The van der Waals surface area contributed by atoms with E-state index in [0.717, 1.165) is 11.5 Å². The molecule has 0 spiro atoms. The Hall–Kier alpha value is -1.41. The Kier molecular flexibility index (Phi) is 2.18. The third-order valence-corrected chi connectivity index (χ3v) is 1.78. The minimum Gasteiger partial charge on any atom is -0.481 e. The number of hydrogen-bond acceptors (Lipinski definition) is 4. The minimum atomic E-state index is -0.905. The van der Waals surface area contributed by atoms with Gasteiger partial charge in [0.25, 0.3) is 0 Å². The molecule has 1 heterocycles. The molecule has 0 saturated heterocycles. The highest BCUT2D eigenvalue weighted by atomic mass is 32.1. The number of hydrogen-bond donors (Lipinski definition) is 1. The molecule has 0 saturated carbocycles. The second kappa shape index (κ2) is 3.12. The monoisotopic (exact) mass is 168 g/mol. The number of aliphatic carboxylic acids is 1. The van der Waals surface area contributed by atoms with Crippen molar-refractivity contribution < 1.29 is 9.90 Å². The number of nitrogens with zero attached hydrogens (tertiary/aromatic N) is 2. The average Bonchev–Trinajstić information content (AvgIpc) is 2.34. The Bertz CT molecular complexity index is 313. The van der Waals surface area contributed by atoms with Crippen molar-refractivity contribution in [3.63, 3.8) is 0 Å². The van der Waals surface area contributed by atoms with Gasteiger partial charge in [-0.3, -0.25) is 4.79 Å². The van der Waals surface area contributed by atoms with Gasteiger partial charge in [0.15, 0.2) is 5.69 Å². The number of nitriles is 1. The average molecular weight is 168 g/mol. The van der Waals surface area contributed by atoms with Crippen LogP contribution in [-0.2, 0) is 11.2 Å². The molecule has 11 heavy (non-hydrogen) atoms. The van der Waals surface area contributed by atoms with Crippen LogP contribution < -0.4 is 0 Å². The Balaban J connectivity index is 2.75. The zero-order chi connectivity index (χ0) is 8.27. The van der Waals surface area contributed by atoms with Crippen LogP contribution in [0.25, 0.3) is 0 Å². The van der Waals surface area contributed by atoms with E-state index in [-0.39, 0.29) is 12.1 Å². The van der Waals surface area contributed by atoms with Crippen LogP contribution in [0.15, 0.2) is 6.07 Å². The lowest BCUT2D eigenvalue weighted by atomic mass is 10.3. The first kappa shape index (κ1) is 7.69. The molecule has 0 bridgehead atoms. The van der Waals surface area contributed by atoms with Crippen LogP contribution in [0.3, 0.4) is 0 Å². The number of aromatic nitrogens is 1. The number of carbonyl (C=O) groups is 1. The molecule has 0 aliphatic heterocycles. The van der Waals surface area contributed by atoms with Gasteiger partial charge >= 0.3 is 5.97 Å². The van der Waals surface area contributed by atoms with Gasteiger partial charge in [0.05, 0.1) is 6.42 Å². The number of rotatable bonds is 2. The Morgan fingerprint density at radius 1 is 1.91 bits per heavy atom. The van der Waals surface area contributed by atoms with Crippen molar-refractivity contribution in [2.45, 2.75) is 6.42 Å². The first-order chi connectivity index (χ1) is 5.22. The van der Waals surface area contributed by atoms with E-state index in [2.05, 4.69) is 4.37 Å². The van der Waals surface area contributed by atoms with Gasteiger partial charge in [-0.1, -0.05) is 0 Å². The molecule has 1 N–H and O–H groups in total. The zero-order valence-electron chi connectivity index (χ0n) is 5.44. The van der Waals surface area contributed by atoms with Crippen LogP contribution in [0.1, 0.15) is 10.6 Å². The fourth-order valence-corrected chi connectivity index (χ4v) is 1.26. The van der Waals surface area contributed by atoms with Crippen molar-refractivity contribution in [3.8, 4) is 6.07 Å². The van der Waals surface area contributed by atoms with Gasteiger partial charge in [-0.05, 0) is 17.6 Å². The summed E-state index contributed by atoms with van der Waals surface area (Å²) in [7, 11) is 0. The molecule has 1 aromatic heterocycles. The molecule has 0 amide bonds. The van der Waals surface area contributed by atoms with Crippen LogP contribution in [-0.4, -0.2) is 15.4 Å². The second-order valence-electron chi connectivity index (χ2n) is 1.86. The van der Waals surface area contributed by atoms with Crippen molar-refractivity contribution in [1.82, 2.24) is 4.37 Å². The van der Waals surface area contributed by atoms with E-state index in [1.165, 1.54) is 6.07 Å². The van der Waals surface area contributed by atoms with Gasteiger partial charge in [-0.25, -0.2) is 0 Å². The van der Waals surface area contributed by atoms with Gasteiger partial charge in [0, 0.05) is 4.88 Å². The lowest BCUT2D eigenvalue weighted by molar-refractivity contribution is -0.136. The lowest BCUT2D eigenvalue weighted by Crippen LogP contribution is -1.97. The molecular weight excluding hydrogens is 164 g/mol. The van der Waals surface area contributed by atoms with Crippen LogP contribution in [0.2, 0.25) is 0 Å². The van der Waals surface area contributed by atoms with Gasteiger partial charge in [0.1, 0.15) is 6.07 Å². The molecule has 0 unspecified atom stereocenters. The first-order valence-corrected chi connectivity index (χ1v) is 3.57. The highest BCUT2D eigenvalue weighted by Crippen LogP contribution is 2.09. The molecular formula is C6H4N2O2S. The summed E-state index contributed by atoms with van der Waals surface area (Å²) in [6, 6.07) is 3.31. The molecule has 0 radical (unpaired) electrons. The third kappa shape index (κ3) is 2.02. The minimum absolute atomic E-state index is 0.0562. The normalized spacial score (nSPS) is 9.00. The van der Waals surface area contributed by atoms with E-state index in [4.69, 9.17) is 10.4 Å². The van der Waals surface area contributed by atoms with Crippen LogP contribution >= 0.6 is 11.5 Å². The van der Waals surface area contributed by atoms with E-state index in [1.54, 1.807) is 0 Å². The van der Waals surface area contributed by atoms with E-state index < -0.39 is 5.97 Å². The molecule has 0 aromatic carbocycles. The molecule has 0 fully saturated rings. The maximum Gasteiger partial charge on any atom is 0.308 e. The highest BCUT2D eigenvalue weighted by molar-refractivity contribution is 7.05. The van der Waals surface area contributed by atoms with Gasteiger partial charge < -0.3 is 5.11 Å². The smallest absolute Gasteiger partial charge is 0.308 e. The van der Waals surface area contributed by atoms with E-state index in [0.29, 0.717) is 4.88 Å². The summed E-state index contributed by atoms with van der Waals surface area (Å²) in [5, 5.41) is 16.7. The topological polar surface area (TPSA) is 74.0 Å². The second-order valence-corrected chi connectivity index (χ2v) is 2.75. The van der Waals surface area contributed by atoms with Crippen molar-refractivity contribution in [3.05, 3.63) is 16.6 Å². The molecule has 1 rings (SSSR count). The summed E-state index contributed by atoms with van der Waals surface area (Å²) < 4.78 is 3.70. The maximum absolute atomic E-state index is 10.2. The predicted molar refractivity (Wildman–Crippen MR) is 38.2 cm³/mol. The first-order valence-electron chi connectivity index (χ1n) is 2.80. The lowest BCUT2D eigenvalue weighted by Gasteiger charge is -1.83.